The highest BCUT2D eigenvalue weighted by Crippen LogP contribution is 2.06. The molecular weight excluding hydrogens is 255 g/mol. The first-order valence-corrected chi connectivity index (χ1v) is 6.54. The van der Waals surface area contributed by atoms with Crippen molar-refractivity contribution in [1.82, 2.24) is 0 Å². The third-order valence-corrected chi connectivity index (χ3v) is 2.09. The Balaban J connectivity index is 0. The van der Waals surface area contributed by atoms with Crippen LogP contribution in [-0.4, -0.2) is 18.7 Å². The van der Waals surface area contributed by atoms with E-state index in [1.807, 2.05) is 20.8 Å². The van der Waals surface area contributed by atoms with E-state index in [-0.39, 0.29) is 5.57 Å². The van der Waals surface area contributed by atoms with Crippen LogP contribution in [0.15, 0.2) is 54.6 Å². The normalized spacial score (nSPS) is 8.85. The smallest absolute Gasteiger partial charge is 0.233 e. The topological polar surface area (TPSA) is 34.1 Å². The number of alkyl halides is 1. The molecule has 0 bridgehead atoms. The van der Waals surface area contributed by atoms with E-state index in [0.717, 1.165) is 6.42 Å². The van der Waals surface area contributed by atoms with Gasteiger partial charge in [-0.05, 0) is 6.42 Å². The van der Waals surface area contributed by atoms with Gasteiger partial charge in [-0.15, -0.1) is 0 Å². The molecule has 0 aliphatic carbocycles. The fourth-order valence-corrected chi connectivity index (χ4v) is 1.20. The van der Waals surface area contributed by atoms with Crippen molar-refractivity contribution in [3.63, 3.8) is 0 Å². The molecule has 2 nitrogen and oxygen atoms in total. The Morgan fingerprint density at radius 2 is 1.65 bits per heavy atom. The summed E-state index contributed by atoms with van der Waals surface area (Å²) in [5, 5.41) is 0. The SMILES string of the molecule is C=C(/C=C\CC)C(=O)C(=O)c1ccccc1.CC.CF. The predicted octanol–water partition coefficient (Wildman–Crippen LogP) is 4.57. The molecule has 0 aliphatic heterocycles. The van der Waals surface area contributed by atoms with Gasteiger partial charge in [0.25, 0.3) is 0 Å². The fourth-order valence-electron chi connectivity index (χ4n) is 1.20. The highest BCUT2D eigenvalue weighted by atomic mass is 19.1. The summed E-state index contributed by atoms with van der Waals surface area (Å²) in [7, 11) is 0.500. The molecule has 0 saturated heterocycles. The van der Waals surface area contributed by atoms with Gasteiger partial charge in [-0.1, -0.05) is 69.8 Å². The van der Waals surface area contributed by atoms with Crippen molar-refractivity contribution in [3.05, 3.63) is 60.2 Å². The molecule has 0 atom stereocenters. The monoisotopic (exact) mass is 278 g/mol. The summed E-state index contributed by atoms with van der Waals surface area (Å²) in [5.74, 6) is -1.05. The predicted molar refractivity (Wildman–Crippen MR) is 82.7 cm³/mol. The van der Waals surface area contributed by atoms with Crippen molar-refractivity contribution in [2.24, 2.45) is 0 Å². The minimum atomic E-state index is -0.545. The molecule has 1 aromatic rings. The minimum absolute atomic E-state index is 0.232. The quantitative estimate of drug-likeness (QED) is 0.342. The lowest BCUT2D eigenvalue weighted by Gasteiger charge is -1.99. The Morgan fingerprint density at radius 1 is 1.15 bits per heavy atom. The molecule has 1 aromatic carbocycles. The van der Waals surface area contributed by atoms with Crippen LogP contribution in [0.25, 0.3) is 0 Å². The number of rotatable bonds is 5. The average Bonchev–Trinajstić information content (AvgIpc) is 2.55. The Bertz CT molecular complexity index is 434. The summed E-state index contributed by atoms with van der Waals surface area (Å²) >= 11 is 0. The van der Waals surface area contributed by atoms with Crippen molar-refractivity contribution in [2.75, 3.05) is 7.18 Å². The maximum absolute atomic E-state index is 11.7. The van der Waals surface area contributed by atoms with Crippen LogP contribution in [0.2, 0.25) is 0 Å². The van der Waals surface area contributed by atoms with Gasteiger partial charge in [0.05, 0.1) is 7.18 Å². The molecule has 0 N–H and O–H groups in total. The lowest BCUT2D eigenvalue weighted by atomic mass is 10.0. The lowest BCUT2D eigenvalue weighted by molar-refractivity contribution is -0.111. The Labute approximate surface area is 121 Å². The molecule has 3 heteroatoms. The van der Waals surface area contributed by atoms with Crippen LogP contribution in [0.5, 0.6) is 0 Å². The van der Waals surface area contributed by atoms with Gasteiger partial charge >= 0.3 is 0 Å². The molecular formula is C17H23FO2. The van der Waals surface area contributed by atoms with E-state index in [1.165, 1.54) is 0 Å². The van der Waals surface area contributed by atoms with E-state index in [1.54, 1.807) is 42.5 Å². The molecule has 0 unspecified atom stereocenters. The van der Waals surface area contributed by atoms with E-state index in [4.69, 9.17) is 0 Å². The van der Waals surface area contributed by atoms with Gasteiger partial charge in [0.1, 0.15) is 0 Å². The van der Waals surface area contributed by atoms with Crippen molar-refractivity contribution < 1.29 is 14.0 Å². The summed E-state index contributed by atoms with van der Waals surface area (Å²) in [6.45, 7) is 9.53. The van der Waals surface area contributed by atoms with Crippen LogP contribution in [0, 0.1) is 0 Å². The molecule has 0 heterocycles. The van der Waals surface area contributed by atoms with Crippen molar-refractivity contribution in [2.45, 2.75) is 27.2 Å². The Hall–Kier alpha value is -2.03. The van der Waals surface area contributed by atoms with Crippen LogP contribution >= 0.6 is 0 Å². The van der Waals surface area contributed by atoms with Gasteiger partial charge in [-0.25, -0.2) is 0 Å². The van der Waals surface area contributed by atoms with Crippen LogP contribution < -0.4 is 0 Å². The molecule has 0 aromatic heterocycles. The number of hydrogen-bond donors (Lipinski definition) is 0. The van der Waals surface area contributed by atoms with E-state index < -0.39 is 11.6 Å². The maximum atomic E-state index is 11.7. The first-order valence-electron chi connectivity index (χ1n) is 6.54. The van der Waals surface area contributed by atoms with Crippen LogP contribution in [0.1, 0.15) is 37.6 Å². The lowest BCUT2D eigenvalue weighted by Crippen LogP contribution is -2.14. The van der Waals surface area contributed by atoms with E-state index in [2.05, 4.69) is 6.58 Å². The van der Waals surface area contributed by atoms with Crippen LogP contribution in [0.3, 0.4) is 0 Å². The first-order chi connectivity index (χ1) is 9.66. The van der Waals surface area contributed by atoms with E-state index >= 15 is 0 Å². The van der Waals surface area contributed by atoms with E-state index in [0.29, 0.717) is 12.7 Å². The van der Waals surface area contributed by atoms with Crippen molar-refractivity contribution in [3.8, 4) is 0 Å². The molecule has 0 radical (unpaired) electrons. The average molecular weight is 278 g/mol. The molecule has 0 spiro atoms. The zero-order valence-corrected chi connectivity index (χ0v) is 12.7. The largest absolute Gasteiger partial charge is 0.285 e. The molecule has 0 saturated carbocycles. The number of carbonyl (C=O) groups excluding carboxylic acids is 2. The fraction of sp³-hybridized carbons (Fsp3) is 0.294. The number of benzene rings is 1. The molecule has 20 heavy (non-hydrogen) atoms. The van der Waals surface area contributed by atoms with Gasteiger partial charge in [-0.3, -0.25) is 14.0 Å². The third-order valence-electron chi connectivity index (χ3n) is 2.09. The number of allylic oxidation sites excluding steroid dienone is 3. The molecule has 110 valence electrons. The van der Waals surface area contributed by atoms with Crippen LogP contribution in [-0.2, 0) is 4.79 Å². The maximum Gasteiger partial charge on any atom is 0.233 e. The Kier molecular flexibility index (Phi) is 13.6. The van der Waals surface area contributed by atoms with Crippen LogP contribution in [0.4, 0.5) is 4.39 Å². The second-order valence-electron chi connectivity index (χ2n) is 3.36. The molecule has 1 rings (SSSR count). The highest BCUT2D eigenvalue weighted by molar-refractivity contribution is 6.49. The first kappa shape index (κ1) is 20.3. The molecule has 0 amide bonds. The second kappa shape index (κ2) is 13.4. The number of Topliss-reactive ketones (excluding diaryl/α,β-unsaturated/α-hetero) is 2. The number of halogens is 1. The zero-order valence-electron chi connectivity index (χ0n) is 12.7. The van der Waals surface area contributed by atoms with Gasteiger partial charge < -0.3 is 0 Å². The minimum Gasteiger partial charge on any atom is -0.285 e. The van der Waals surface area contributed by atoms with Crippen molar-refractivity contribution in [1.29, 1.82) is 0 Å². The van der Waals surface area contributed by atoms with Gasteiger partial charge in [0, 0.05) is 11.1 Å². The summed E-state index contributed by atoms with van der Waals surface area (Å²) in [6, 6.07) is 8.50. The third kappa shape index (κ3) is 7.41. The van der Waals surface area contributed by atoms with E-state index in [9.17, 15) is 14.0 Å². The highest BCUT2D eigenvalue weighted by Gasteiger charge is 2.16. The summed E-state index contributed by atoms with van der Waals surface area (Å²) in [5.41, 5.74) is 0.634. The number of hydrogen-bond acceptors (Lipinski definition) is 2. The zero-order chi connectivity index (χ0) is 16.0. The second-order valence-corrected chi connectivity index (χ2v) is 3.36. The Morgan fingerprint density at radius 3 is 2.10 bits per heavy atom. The summed E-state index contributed by atoms with van der Waals surface area (Å²) in [6.07, 6.45) is 4.20. The van der Waals surface area contributed by atoms with Gasteiger partial charge in [-0.2, -0.15) is 0 Å². The number of ketones is 2. The molecule has 0 aliphatic rings. The van der Waals surface area contributed by atoms with Gasteiger partial charge in [0.2, 0.25) is 11.6 Å². The van der Waals surface area contributed by atoms with Crippen molar-refractivity contribution >= 4 is 11.6 Å². The summed E-state index contributed by atoms with van der Waals surface area (Å²) < 4.78 is 9.50. The number of carbonyl (C=O) groups is 2. The van der Waals surface area contributed by atoms with Gasteiger partial charge in [0.15, 0.2) is 0 Å². The standard InChI is InChI=1S/C14H14O2.C2H6.CH3F/c1-3-4-8-11(2)13(15)14(16)12-9-6-5-7-10-12;2*1-2/h4-10H,2-3H2,1H3;1-2H3;1H3/b8-4-;;. The molecule has 0 fully saturated rings. The summed E-state index contributed by atoms with van der Waals surface area (Å²) in [4.78, 5) is 23.4.